The fourth-order valence-electron chi connectivity index (χ4n) is 7.21. The molecule has 9 nitrogen and oxygen atoms in total. The molecule has 2 aliphatic heterocycles. The second-order valence-corrected chi connectivity index (χ2v) is 12.3. The van der Waals surface area contributed by atoms with Crippen LogP contribution in [0.15, 0.2) is 54.1 Å². The van der Waals surface area contributed by atoms with Gasteiger partial charge in [-0.05, 0) is 24.3 Å². The molecule has 41 heavy (non-hydrogen) atoms. The minimum atomic E-state index is -2.04. The Hall–Kier alpha value is -3.56. The molecule has 1 saturated carbocycles. The lowest BCUT2D eigenvalue weighted by molar-refractivity contribution is -0.141. The predicted molar refractivity (Wildman–Crippen MR) is 149 cm³/mol. The molecule has 11 heteroatoms. The first-order valence-corrected chi connectivity index (χ1v) is 14.0. The molecule has 2 aromatic carbocycles. The summed E-state index contributed by atoms with van der Waals surface area (Å²) in [6, 6.07) is 12.1. The molecule has 6 atom stereocenters. The number of methoxy groups -OCH3 is 2. The summed E-state index contributed by atoms with van der Waals surface area (Å²) in [4.78, 5) is 53.0. The Morgan fingerprint density at radius 3 is 2.34 bits per heavy atom. The van der Waals surface area contributed by atoms with Crippen LogP contribution in [0.2, 0.25) is 0 Å². The number of likely N-dealkylation sites (tertiary alicyclic amines) is 2. The molecule has 2 saturated heterocycles. The molecule has 2 heterocycles. The first-order valence-electron chi connectivity index (χ1n) is 13.2. The van der Waals surface area contributed by atoms with Crippen molar-refractivity contribution < 1.29 is 33.8 Å². The molecule has 0 spiro atoms. The van der Waals surface area contributed by atoms with E-state index in [1.165, 1.54) is 38.3 Å². The van der Waals surface area contributed by atoms with Crippen molar-refractivity contribution in [2.75, 3.05) is 21.3 Å². The molecule has 0 aromatic heterocycles. The number of phenolic OH excluding ortho intramolecular Hbond substituents is 1. The highest BCUT2D eigenvalue weighted by Gasteiger charge is 2.76. The van der Waals surface area contributed by atoms with Gasteiger partial charge in [0.1, 0.15) is 17.2 Å². The summed E-state index contributed by atoms with van der Waals surface area (Å²) in [7, 11) is 4.14. The van der Waals surface area contributed by atoms with Crippen molar-refractivity contribution in [2.24, 2.45) is 17.8 Å². The predicted octanol–water partition coefficient (Wildman–Crippen LogP) is 3.60. The SMILES string of the molecule is COc1cc(O)c(C2C3=CCC4C(=O)N(Cc5ccccc5)C(=O)C4C3CC3(Cl)C(=O)N(C)C(=O)C23Cl)c(OC)c1. The minimum absolute atomic E-state index is 0.121. The molecule has 214 valence electrons. The number of benzene rings is 2. The van der Waals surface area contributed by atoms with Crippen molar-refractivity contribution in [3.8, 4) is 17.2 Å². The largest absolute Gasteiger partial charge is 0.507 e. The Morgan fingerprint density at radius 1 is 0.976 bits per heavy atom. The topological polar surface area (TPSA) is 113 Å². The van der Waals surface area contributed by atoms with E-state index in [0.29, 0.717) is 11.3 Å². The number of hydrogen-bond donors (Lipinski definition) is 1. The van der Waals surface area contributed by atoms with E-state index >= 15 is 0 Å². The highest BCUT2D eigenvalue weighted by Crippen LogP contribution is 2.67. The second-order valence-electron chi connectivity index (χ2n) is 11.0. The summed E-state index contributed by atoms with van der Waals surface area (Å²) in [5, 5.41) is 11.3. The Bertz CT molecular complexity index is 1530. The van der Waals surface area contributed by atoms with Crippen LogP contribution in [0, 0.1) is 17.8 Å². The summed E-state index contributed by atoms with van der Waals surface area (Å²) in [6.45, 7) is 0.121. The van der Waals surface area contributed by atoms with Crippen molar-refractivity contribution in [3.63, 3.8) is 0 Å². The van der Waals surface area contributed by atoms with Gasteiger partial charge in [0.05, 0.1) is 32.6 Å². The Balaban J connectivity index is 1.52. The number of halogens is 2. The maximum atomic E-state index is 14.0. The fourth-order valence-corrected chi connectivity index (χ4v) is 8.22. The van der Waals surface area contributed by atoms with Crippen LogP contribution in [0.3, 0.4) is 0 Å². The highest BCUT2D eigenvalue weighted by atomic mass is 35.5. The standard InChI is InChI=1S/C30H28Cl2N2O7/c1-33-27(38)29(31)13-19-17(9-10-18-22(19)26(37)34(25(18)36)14-15-7-5-4-6-8-15)24(30(29,32)28(33)39)23-20(35)11-16(40-2)12-21(23)41-3/h4-9,11-12,18-19,22,24,35H,10,13-14H2,1-3H3. The van der Waals surface area contributed by atoms with Crippen molar-refractivity contribution in [2.45, 2.75) is 35.1 Å². The number of phenols is 1. The van der Waals surface area contributed by atoms with E-state index < -0.39 is 45.2 Å². The van der Waals surface area contributed by atoms with E-state index in [-0.39, 0.29) is 48.3 Å². The van der Waals surface area contributed by atoms with Crippen LogP contribution in [0.1, 0.15) is 29.9 Å². The number of allylic oxidation sites excluding steroid dienone is 2. The van der Waals surface area contributed by atoms with Gasteiger partial charge in [0.2, 0.25) is 11.8 Å². The van der Waals surface area contributed by atoms with E-state index in [4.69, 9.17) is 32.7 Å². The first kappa shape index (κ1) is 27.6. The summed E-state index contributed by atoms with van der Waals surface area (Å²) in [5.74, 6) is -5.19. The Morgan fingerprint density at radius 2 is 1.68 bits per heavy atom. The van der Waals surface area contributed by atoms with Crippen LogP contribution in [0.25, 0.3) is 0 Å². The number of ether oxygens (including phenoxy) is 2. The van der Waals surface area contributed by atoms with E-state index in [1.54, 1.807) is 0 Å². The molecule has 6 rings (SSSR count). The van der Waals surface area contributed by atoms with E-state index in [1.807, 2.05) is 36.4 Å². The Labute approximate surface area is 246 Å². The van der Waals surface area contributed by atoms with Crippen LogP contribution >= 0.6 is 23.2 Å². The molecular weight excluding hydrogens is 571 g/mol. The van der Waals surface area contributed by atoms with Gasteiger partial charge in [0.25, 0.3) is 11.8 Å². The van der Waals surface area contributed by atoms with Gasteiger partial charge >= 0.3 is 0 Å². The van der Waals surface area contributed by atoms with E-state index in [9.17, 15) is 24.3 Å². The number of amides is 4. The normalized spacial score (nSPS) is 32.5. The average molecular weight is 599 g/mol. The number of carbonyl (C=O) groups is 4. The maximum absolute atomic E-state index is 14.0. The van der Waals surface area contributed by atoms with Crippen molar-refractivity contribution >= 4 is 46.8 Å². The molecule has 4 amide bonds. The third-order valence-corrected chi connectivity index (χ3v) is 10.5. The summed E-state index contributed by atoms with van der Waals surface area (Å²) < 4.78 is 10.9. The zero-order valence-corrected chi connectivity index (χ0v) is 24.1. The summed E-state index contributed by atoms with van der Waals surface area (Å²) in [6.07, 6.45) is 1.91. The molecule has 6 unspecified atom stereocenters. The first-order chi connectivity index (χ1) is 19.5. The minimum Gasteiger partial charge on any atom is -0.507 e. The molecule has 3 fully saturated rings. The number of nitrogens with zero attached hydrogens (tertiary/aromatic N) is 2. The van der Waals surface area contributed by atoms with Gasteiger partial charge in [0.15, 0.2) is 9.75 Å². The number of imide groups is 2. The number of fused-ring (bicyclic) bond motifs is 4. The maximum Gasteiger partial charge on any atom is 0.253 e. The van der Waals surface area contributed by atoms with Gasteiger partial charge in [-0.15, -0.1) is 23.2 Å². The van der Waals surface area contributed by atoms with Gasteiger partial charge in [0, 0.05) is 30.7 Å². The molecular formula is C30H28Cl2N2O7. The molecule has 0 radical (unpaired) electrons. The van der Waals surface area contributed by atoms with Gasteiger partial charge in [-0.3, -0.25) is 29.0 Å². The smallest absolute Gasteiger partial charge is 0.253 e. The number of carbonyl (C=O) groups excluding carboxylic acids is 4. The lowest BCUT2D eigenvalue weighted by Gasteiger charge is -2.51. The lowest BCUT2D eigenvalue weighted by Crippen LogP contribution is -2.60. The summed E-state index contributed by atoms with van der Waals surface area (Å²) in [5.41, 5.74) is 1.52. The van der Waals surface area contributed by atoms with Crippen LogP contribution < -0.4 is 9.47 Å². The zero-order valence-electron chi connectivity index (χ0n) is 22.6. The van der Waals surface area contributed by atoms with Crippen LogP contribution in [0.4, 0.5) is 0 Å². The van der Waals surface area contributed by atoms with Gasteiger partial charge < -0.3 is 14.6 Å². The second kappa shape index (κ2) is 9.49. The molecule has 1 N–H and O–H groups in total. The fraction of sp³-hybridized carbons (Fsp3) is 0.400. The monoisotopic (exact) mass is 598 g/mol. The molecule has 2 aliphatic carbocycles. The lowest BCUT2D eigenvalue weighted by atomic mass is 9.56. The molecule has 0 bridgehead atoms. The highest BCUT2D eigenvalue weighted by molar-refractivity contribution is 6.53. The molecule has 2 aromatic rings. The van der Waals surface area contributed by atoms with Crippen molar-refractivity contribution in [3.05, 3.63) is 65.2 Å². The van der Waals surface area contributed by atoms with Crippen molar-refractivity contribution in [1.29, 1.82) is 0 Å². The van der Waals surface area contributed by atoms with E-state index in [2.05, 4.69) is 0 Å². The number of alkyl halides is 2. The molecule has 4 aliphatic rings. The number of hydrogen-bond acceptors (Lipinski definition) is 7. The van der Waals surface area contributed by atoms with Crippen molar-refractivity contribution in [1.82, 2.24) is 9.80 Å². The number of aromatic hydroxyl groups is 1. The van der Waals surface area contributed by atoms with Crippen LogP contribution in [-0.2, 0) is 25.7 Å². The quantitative estimate of drug-likeness (QED) is 0.318. The third-order valence-electron chi connectivity index (χ3n) is 9.13. The van der Waals surface area contributed by atoms with E-state index in [0.717, 1.165) is 10.5 Å². The van der Waals surface area contributed by atoms with Gasteiger partial charge in [-0.25, -0.2) is 0 Å². The third kappa shape index (κ3) is 3.61. The number of rotatable bonds is 5. The van der Waals surface area contributed by atoms with Gasteiger partial charge in [-0.1, -0.05) is 42.0 Å². The summed E-state index contributed by atoms with van der Waals surface area (Å²) >= 11 is 14.4. The van der Waals surface area contributed by atoms with Gasteiger partial charge in [-0.2, -0.15) is 0 Å². The van der Waals surface area contributed by atoms with Crippen LogP contribution in [0.5, 0.6) is 17.2 Å². The Kier molecular flexibility index (Phi) is 6.39. The average Bonchev–Trinajstić information content (AvgIpc) is 3.28. The zero-order chi connectivity index (χ0) is 29.4. The van der Waals surface area contributed by atoms with Crippen LogP contribution in [-0.4, -0.2) is 69.6 Å².